The number of carbonyl (C=O) groups excluding carboxylic acids is 1. The molecule has 5 nitrogen and oxygen atoms in total. The van der Waals surface area contributed by atoms with Gasteiger partial charge in [-0.3, -0.25) is 0 Å². The van der Waals surface area contributed by atoms with Crippen LogP contribution in [0.1, 0.15) is 20.3 Å². The van der Waals surface area contributed by atoms with E-state index in [-0.39, 0.29) is 5.57 Å². The lowest BCUT2D eigenvalue weighted by Crippen LogP contribution is -2.05. The largest absolute Gasteiger partial charge is 0.494 e. The molecule has 0 saturated carbocycles. The highest BCUT2D eigenvalue weighted by atomic mass is 16.5. The second kappa shape index (κ2) is 8.64. The standard InChI is InChI=1S/C16H20N2O3/c1-12(2)7-8-21-15-6-4-5-14(9-15)18-11-13(10-17)16(19)20-3/h4-6,9,11-12,18H,7-8H2,1-3H3/b13-11-. The second-order valence-corrected chi connectivity index (χ2v) is 4.86. The van der Waals surface area contributed by atoms with Crippen LogP contribution >= 0.6 is 0 Å². The lowest BCUT2D eigenvalue weighted by molar-refractivity contribution is -0.135. The molecular formula is C16H20N2O3. The number of methoxy groups -OCH3 is 1. The highest BCUT2D eigenvalue weighted by molar-refractivity contribution is 5.93. The first kappa shape index (κ1) is 16.6. The molecule has 1 N–H and O–H groups in total. The zero-order valence-corrected chi connectivity index (χ0v) is 12.6. The Morgan fingerprint density at radius 1 is 1.48 bits per heavy atom. The molecule has 1 aromatic carbocycles. The lowest BCUT2D eigenvalue weighted by atomic mass is 10.1. The van der Waals surface area contributed by atoms with Gasteiger partial charge in [0.1, 0.15) is 11.8 Å². The summed E-state index contributed by atoms with van der Waals surface area (Å²) in [6.07, 6.45) is 2.30. The number of esters is 1. The Labute approximate surface area is 125 Å². The third kappa shape index (κ3) is 6.00. The van der Waals surface area contributed by atoms with Crippen molar-refractivity contribution in [3.8, 4) is 11.8 Å². The van der Waals surface area contributed by atoms with Gasteiger partial charge in [-0.15, -0.1) is 0 Å². The molecule has 0 atom stereocenters. The van der Waals surface area contributed by atoms with Gasteiger partial charge in [-0.1, -0.05) is 19.9 Å². The summed E-state index contributed by atoms with van der Waals surface area (Å²) in [6.45, 7) is 4.94. The smallest absolute Gasteiger partial charge is 0.350 e. The molecule has 0 bridgehead atoms. The van der Waals surface area contributed by atoms with Crippen LogP contribution in [0.25, 0.3) is 0 Å². The van der Waals surface area contributed by atoms with E-state index in [1.807, 2.05) is 24.3 Å². The highest BCUT2D eigenvalue weighted by Gasteiger charge is 2.07. The van der Waals surface area contributed by atoms with E-state index in [4.69, 9.17) is 10.00 Å². The average molecular weight is 288 g/mol. The van der Waals surface area contributed by atoms with Crippen molar-refractivity contribution in [3.05, 3.63) is 36.0 Å². The van der Waals surface area contributed by atoms with Gasteiger partial charge in [-0.05, 0) is 24.5 Å². The summed E-state index contributed by atoms with van der Waals surface area (Å²) in [5, 5.41) is 11.7. The second-order valence-electron chi connectivity index (χ2n) is 4.86. The van der Waals surface area contributed by atoms with E-state index in [0.717, 1.165) is 17.9 Å². The molecule has 0 radical (unpaired) electrons. The normalized spacial score (nSPS) is 10.9. The molecule has 0 unspecified atom stereocenters. The van der Waals surface area contributed by atoms with Crippen LogP contribution in [0.5, 0.6) is 5.75 Å². The molecular weight excluding hydrogens is 268 g/mol. The maximum atomic E-state index is 11.3. The van der Waals surface area contributed by atoms with Crippen molar-refractivity contribution < 1.29 is 14.3 Å². The topological polar surface area (TPSA) is 71.4 Å². The van der Waals surface area contributed by atoms with E-state index in [2.05, 4.69) is 23.9 Å². The van der Waals surface area contributed by atoms with Crippen LogP contribution in [0, 0.1) is 17.2 Å². The summed E-state index contributed by atoms with van der Waals surface area (Å²) in [7, 11) is 1.23. The molecule has 0 fully saturated rings. The molecule has 5 heteroatoms. The first-order valence-corrected chi connectivity index (χ1v) is 6.74. The summed E-state index contributed by atoms with van der Waals surface area (Å²) in [4.78, 5) is 11.3. The number of carbonyl (C=O) groups is 1. The van der Waals surface area contributed by atoms with Gasteiger partial charge < -0.3 is 14.8 Å². The molecule has 21 heavy (non-hydrogen) atoms. The molecule has 1 rings (SSSR count). The summed E-state index contributed by atoms with van der Waals surface area (Å²) >= 11 is 0. The molecule has 0 aromatic heterocycles. The third-order valence-corrected chi connectivity index (χ3v) is 2.71. The zero-order valence-electron chi connectivity index (χ0n) is 12.6. The SMILES string of the molecule is COC(=O)/C(C#N)=C\Nc1cccc(OCCC(C)C)c1. The number of nitrogens with zero attached hydrogens (tertiary/aromatic N) is 1. The number of rotatable bonds is 7. The van der Waals surface area contributed by atoms with Crippen molar-refractivity contribution in [1.29, 1.82) is 5.26 Å². The zero-order chi connectivity index (χ0) is 15.7. The number of hydrogen-bond acceptors (Lipinski definition) is 5. The van der Waals surface area contributed by atoms with Gasteiger partial charge in [0.15, 0.2) is 5.57 Å². The Balaban J connectivity index is 2.66. The van der Waals surface area contributed by atoms with Crippen LogP contribution in [0.4, 0.5) is 5.69 Å². The van der Waals surface area contributed by atoms with Crippen molar-refractivity contribution in [3.63, 3.8) is 0 Å². The molecule has 0 heterocycles. The van der Waals surface area contributed by atoms with E-state index in [1.165, 1.54) is 13.3 Å². The Morgan fingerprint density at radius 3 is 2.86 bits per heavy atom. The van der Waals surface area contributed by atoms with Crippen LogP contribution in [0.3, 0.4) is 0 Å². The molecule has 0 aliphatic rings. The Morgan fingerprint density at radius 2 is 2.24 bits per heavy atom. The van der Waals surface area contributed by atoms with Crippen molar-refractivity contribution in [2.75, 3.05) is 19.0 Å². The average Bonchev–Trinajstić information content (AvgIpc) is 2.47. The molecule has 0 amide bonds. The van der Waals surface area contributed by atoms with Crippen LogP contribution in [0.15, 0.2) is 36.0 Å². The fraction of sp³-hybridized carbons (Fsp3) is 0.375. The van der Waals surface area contributed by atoms with Gasteiger partial charge in [0.2, 0.25) is 0 Å². The van der Waals surface area contributed by atoms with Crippen LogP contribution < -0.4 is 10.1 Å². The van der Waals surface area contributed by atoms with E-state index < -0.39 is 5.97 Å². The quantitative estimate of drug-likeness (QED) is 0.474. The maximum Gasteiger partial charge on any atom is 0.350 e. The van der Waals surface area contributed by atoms with Crippen molar-refractivity contribution in [2.24, 2.45) is 5.92 Å². The fourth-order valence-corrected chi connectivity index (χ4v) is 1.49. The van der Waals surface area contributed by atoms with E-state index in [1.54, 1.807) is 6.07 Å². The minimum atomic E-state index is -0.672. The van der Waals surface area contributed by atoms with E-state index in [9.17, 15) is 4.79 Å². The van der Waals surface area contributed by atoms with Crippen LogP contribution in [-0.2, 0) is 9.53 Å². The first-order chi connectivity index (χ1) is 10.1. The third-order valence-electron chi connectivity index (χ3n) is 2.71. The monoisotopic (exact) mass is 288 g/mol. The van der Waals surface area contributed by atoms with Gasteiger partial charge in [0, 0.05) is 18.0 Å². The summed E-state index contributed by atoms with van der Waals surface area (Å²) in [5.41, 5.74) is 0.636. The number of benzene rings is 1. The molecule has 0 saturated heterocycles. The Hall–Kier alpha value is -2.48. The summed E-state index contributed by atoms with van der Waals surface area (Å²) in [6, 6.07) is 9.10. The van der Waals surface area contributed by atoms with Crippen molar-refractivity contribution in [2.45, 2.75) is 20.3 Å². The van der Waals surface area contributed by atoms with E-state index >= 15 is 0 Å². The van der Waals surface area contributed by atoms with Gasteiger partial charge in [-0.25, -0.2) is 4.79 Å². The number of anilines is 1. The van der Waals surface area contributed by atoms with Gasteiger partial charge in [-0.2, -0.15) is 5.26 Å². The summed E-state index contributed by atoms with van der Waals surface area (Å²) in [5.74, 6) is 0.660. The van der Waals surface area contributed by atoms with Gasteiger partial charge in [0.05, 0.1) is 13.7 Å². The maximum absolute atomic E-state index is 11.3. The van der Waals surface area contributed by atoms with Crippen molar-refractivity contribution >= 4 is 11.7 Å². The number of ether oxygens (including phenoxy) is 2. The predicted molar refractivity (Wildman–Crippen MR) is 80.7 cm³/mol. The molecule has 0 aliphatic carbocycles. The number of hydrogen-bond donors (Lipinski definition) is 1. The van der Waals surface area contributed by atoms with Crippen molar-refractivity contribution in [1.82, 2.24) is 0 Å². The molecule has 0 spiro atoms. The van der Waals surface area contributed by atoms with Gasteiger partial charge >= 0.3 is 5.97 Å². The van der Waals surface area contributed by atoms with Crippen LogP contribution in [-0.4, -0.2) is 19.7 Å². The van der Waals surface area contributed by atoms with Crippen LogP contribution in [0.2, 0.25) is 0 Å². The number of nitriles is 1. The number of nitrogens with one attached hydrogen (secondary N) is 1. The fourth-order valence-electron chi connectivity index (χ4n) is 1.49. The Bertz CT molecular complexity index is 545. The molecule has 112 valence electrons. The lowest BCUT2D eigenvalue weighted by Gasteiger charge is -2.09. The predicted octanol–water partition coefficient (Wildman–Crippen LogP) is 3.10. The highest BCUT2D eigenvalue weighted by Crippen LogP contribution is 2.18. The molecule has 0 aliphatic heterocycles. The minimum absolute atomic E-state index is 0.0939. The summed E-state index contributed by atoms with van der Waals surface area (Å²) < 4.78 is 10.1. The minimum Gasteiger partial charge on any atom is -0.494 e. The first-order valence-electron chi connectivity index (χ1n) is 6.74. The van der Waals surface area contributed by atoms with Gasteiger partial charge in [0.25, 0.3) is 0 Å². The van der Waals surface area contributed by atoms with E-state index in [0.29, 0.717) is 12.5 Å². The molecule has 1 aromatic rings. The Kier molecular flexibility index (Phi) is 6.82.